The Balaban J connectivity index is 2.38. The predicted molar refractivity (Wildman–Crippen MR) is 56.9 cm³/mol. The maximum Gasteiger partial charge on any atom is 0.351 e. The van der Waals surface area contributed by atoms with Gasteiger partial charge in [0.2, 0.25) is 0 Å². The van der Waals surface area contributed by atoms with Crippen molar-refractivity contribution in [3.8, 4) is 0 Å². The van der Waals surface area contributed by atoms with Crippen molar-refractivity contribution in [2.24, 2.45) is 0 Å². The Morgan fingerprint density at radius 2 is 2.16 bits per heavy atom. The van der Waals surface area contributed by atoms with Gasteiger partial charge in [0, 0.05) is 0 Å². The zero-order chi connectivity index (χ0) is 14.2. The molecule has 19 heavy (non-hydrogen) atoms. The number of hydrogen-bond acceptors (Lipinski definition) is 8. The highest BCUT2D eigenvalue weighted by Crippen LogP contribution is 2.28. The fourth-order valence-corrected chi connectivity index (χ4v) is 1.82. The van der Waals surface area contributed by atoms with Crippen LogP contribution in [0.3, 0.4) is 0 Å². The molecule has 0 aromatic carbocycles. The number of aromatic nitrogens is 2. The van der Waals surface area contributed by atoms with Crippen LogP contribution in [0.15, 0.2) is 11.0 Å². The Morgan fingerprint density at radius 3 is 2.68 bits per heavy atom. The summed E-state index contributed by atoms with van der Waals surface area (Å²) < 4.78 is 19.1. The van der Waals surface area contributed by atoms with Crippen LogP contribution in [0.25, 0.3) is 0 Å². The van der Waals surface area contributed by atoms with Gasteiger partial charge in [0.1, 0.15) is 18.3 Å². The molecule has 1 aromatic heterocycles. The first kappa shape index (κ1) is 13.8. The molecule has 1 aromatic rings. The van der Waals surface area contributed by atoms with Crippen LogP contribution in [0.1, 0.15) is 6.23 Å². The van der Waals surface area contributed by atoms with Gasteiger partial charge in [-0.25, -0.2) is 14.7 Å². The van der Waals surface area contributed by atoms with Gasteiger partial charge in [-0.2, -0.15) is 4.98 Å². The van der Waals surface area contributed by atoms with E-state index in [1.165, 1.54) is 5.48 Å². The molecule has 0 spiro atoms. The molecule has 0 saturated carbocycles. The molecule has 2 unspecified atom stereocenters. The standard InChI is InChI=1S/C9H12FN3O6/c10-3-1-13(9(17)11-7(3)12-18)8-6(16)5(15)4(2-14)19-8/h1,4-6,8,14-16,18H,2H2,(H,11,12,17)/t4-,5?,6?,8-/m1/s1. The number of halogens is 1. The topological polar surface area (TPSA) is 137 Å². The molecular weight excluding hydrogens is 265 g/mol. The lowest BCUT2D eigenvalue weighted by molar-refractivity contribution is -0.0553. The molecule has 0 amide bonds. The summed E-state index contributed by atoms with van der Waals surface area (Å²) in [4.78, 5) is 14.8. The van der Waals surface area contributed by atoms with Gasteiger partial charge in [-0.05, 0) is 0 Å². The van der Waals surface area contributed by atoms with Gasteiger partial charge in [0.05, 0.1) is 12.8 Å². The van der Waals surface area contributed by atoms with Gasteiger partial charge >= 0.3 is 5.69 Å². The van der Waals surface area contributed by atoms with Crippen molar-refractivity contribution in [2.45, 2.75) is 24.5 Å². The molecule has 1 aliphatic rings. The van der Waals surface area contributed by atoms with Gasteiger partial charge in [-0.1, -0.05) is 0 Å². The summed E-state index contributed by atoms with van der Waals surface area (Å²) in [6.45, 7) is -0.574. The molecule has 5 N–H and O–H groups in total. The number of ether oxygens (including phenoxy) is 1. The molecule has 9 nitrogen and oxygen atoms in total. The highest BCUT2D eigenvalue weighted by atomic mass is 19.1. The van der Waals surface area contributed by atoms with Gasteiger partial charge in [-0.15, -0.1) is 0 Å². The van der Waals surface area contributed by atoms with E-state index in [0.29, 0.717) is 10.8 Å². The second-order valence-corrected chi connectivity index (χ2v) is 3.97. The van der Waals surface area contributed by atoms with Crippen molar-refractivity contribution in [3.05, 3.63) is 22.5 Å². The van der Waals surface area contributed by atoms with Crippen LogP contribution in [0, 0.1) is 5.82 Å². The first-order chi connectivity index (χ1) is 8.99. The van der Waals surface area contributed by atoms with E-state index < -0.39 is 48.5 Å². The zero-order valence-electron chi connectivity index (χ0n) is 9.47. The summed E-state index contributed by atoms with van der Waals surface area (Å²) in [5, 5.41) is 36.7. The first-order valence-corrected chi connectivity index (χ1v) is 5.30. The highest BCUT2D eigenvalue weighted by molar-refractivity contribution is 5.30. The van der Waals surface area contributed by atoms with E-state index in [0.717, 1.165) is 0 Å². The van der Waals surface area contributed by atoms with Gasteiger partial charge in [-0.3, -0.25) is 9.77 Å². The average molecular weight is 277 g/mol. The van der Waals surface area contributed by atoms with Crippen LogP contribution in [0.5, 0.6) is 0 Å². The van der Waals surface area contributed by atoms with Gasteiger partial charge in [0.15, 0.2) is 17.9 Å². The summed E-state index contributed by atoms with van der Waals surface area (Å²) in [6, 6.07) is 0. The van der Waals surface area contributed by atoms with Crippen molar-refractivity contribution >= 4 is 5.82 Å². The van der Waals surface area contributed by atoms with Crippen LogP contribution in [-0.2, 0) is 4.74 Å². The Labute approximate surface area is 105 Å². The Kier molecular flexibility index (Phi) is 3.78. The van der Waals surface area contributed by atoms with Crippen molar-refractivity contribution in [3.63, 3.8) is 0 Å². The van der Waals surface area contributed by atoms with Crippen molar-refractivity contribution < 1.29 is 29.7 Å². The Morgan fingerprint density at radius 1 is 1.47 bits per heavy atom. The van der Waals surface area contributed by atoms with E-state index >= 15 is 0 Å². The van der Waals surface area contributed by atoms with Crippen LogP contribution < -0.4 is 11.2 Å². The second-order valence-electron chi connectivity index (χ2n) is 3.97. The predicted octanol–water partition coefficient (Wildman–Crippen LogP) is -2.20. The van der Waals surface area contributed by atoms with E-state index in [4.69, 9.17) is 15.1 Å². The van der Waals surface area contributed by atoms with Crippen LogP contribution in [-0.4, -0.2) is 55.0 Å². The average Bonchev–Trinajstić information content (AvgIpc) is 2.68. The fourth-order valence-electron chi connectivity index (χ4n) is 1.82. The highest BCUT2D eigenvalue weighted by Gasteiger charge is 2.44. The maximum absolute atomic E-state index is 13.4. The van der Waals surface area contributed by atoms with Crippen molar-refractivity contribution in [1.29, 1.82) is 0 Å². The molecule has 106 valence electrons. The summed E-state index contributed by atoms with van der Waals surface area (Å²) in [6.07, 6.45) is -4.75. The lowest BCUT2D eigenvalue weighted by Crippen LogP contribution is -2.36. The van der Waals surface area contributed by atoms with Gasteiger partial charge in [0.25, 0.3) is 0 Å². The number of hydrogen-bond donors (Lipinski definition) is 5. The summed E-state index contributed by atoms with van der Waals surface area (Å²) in [5.41, 5.74) is 0.395. The van der Waals surface area contributed by atoms with Crippen molar-refractivity contribution in [1.82, 2.24) is 9.55 Å². The minimum absolute atomic E-state index is 0.574. The van der Waals surface area contributed by atoms with Crippen molar-refractivity contribution in [2.75, 3.05) is 12.1 Å². The summed E-state index contributed by atoms with van der Waals surface area (Å²) in [5.74, 6) is -1.73. The lowest BCUT2D eigenvalue weighted by atomic mass is 10.1. The molecule has 0 bridgehead atoms. The van der Waals surface area contributed by atoms with Crippen LogP contribution >= 0.6 is 0 Å². The molecule has 4 atom stereocenters. The third-order valence-electron chi connectivity index (χ3n) is 2.80. The third kappa shape index (κ3) is 2.31. The lowest BCUT2D eigenvalue weighted by Gasteiger charge is -2.17. The first-order valence-electron chi connectivity index (χ1n) is 5.30. The molecule has 1 aliphatic heterocycles. The quantitative estimate of drug-likeness (QED) is 0.392. The molecule has 0 aliphatic carbocycles. The van der Waals surface area contributed by atoms with E-state index in [2.05, 4.69) is 4.98 Å². The van der Waals surface area contributed by atoms with E-state index in [9.17, 15) is 19.4 Å². The SMILES string of the molecule is O=c1nc(NO)c(F)cn1[C@@H]1O[C@H](CO)C(O)C1O. The molecule has 1 fully saturated rings. The summed E-state index contributed by atoms with van der Waals surface area (Å²) in [7, 11) is 0. The Bertz CT molecular complexity index is 523. The smallest absolute Gasteiger partial charge is 0.351 e. The number of aliphatic hydroxyl groups excluding tert-OH is 3. The minimum atomic E-state index is -1.52. The number of anilines is 1. The monoisotopic (exact) mass is 277 g/mol. The zero-order valence-corrected chi connectivity index (χ0v) is 9.47. The molecule has 2 rings (SSSR count). The Hall–Kier alpha value is -1.59. The molecular formula is C9H12FN3O6. The fraction of sp³-hybridized carbons (Fsp3) is 0.556. The second kappa shape index (κ2) is 5.19. The van der Waals surface area contributed by atoms with Gasteiger partial charge < -0.3 is 20.1 Å². The van der Waals surface area contributed by atoms with E-state index in [1.807, 2.05) is 0 Å². The third-order valence-corrected chi connectivity index (χ3v) is 2.80. The summed E-state index contributed by atoms with van der Waals surface area (Å²) >= 11 is 0. The maximum atomic E-state index is 13.4. The van der Waals surface area contributed by atoms with Crippen LogP contribution in [0.2, 0.25) is 0 Å². The molecule has 1 saturated heterocycles. The molecule has 2 heterocycles. The minimum Gasteiger partial charge on any atom is -0.394 e. The molecule has 0 radical (unpaired) electrons. The molecule has 10 heteroatoms. The number of rotatable bonds is 3. The largest absolute Gasteiger partial charge is 0.394 e. The normalized spacial score (nSPS) is 30.6. The van der Waals surface area contributed by atoms with E-state index in [-0.39, 0.29) is 0 Å². The number of nitrogens with one attached hydrogen (secondary N) is 1. The van der Waals surface area contributed by atoms with Crippen LogP contribution in [0.4, 0.5) is 10.2 Å². The van der Waals surface area contributed by atoms with E-state index in [1.54, 1.807) is 0 Å². The number of nitrogens with zero attached hydrogens (tertiary/aromatic N) is 2. The number of aliphatic hydroxyl groups is 3.